The minimum absolute atomic E-state index is 0.226. The number of methoxy groups -OCH3 is 1. The van der Waals surface area contributed by atoms with Crippen LogP contribution in [0.4, 0.5) is 14.5 Å². The number of hydrogen-bond acceptors (Lipinski definition) is 6. The summed E-state index contributed by atoms with van der Waals surface area (Å²) >= 11 is 12.3. The van der Waals surface area contributed by atoms with Gasteiger partial charge in [0.2, 0.25) is 0 Å². The molecule has 0 aromatic heterocycles. The Bertz CT molecular complexity index is 1470. The van der Waals surface area contributed by atoms with Gasteiger partial charge in [-0.3, -0.25) is 9.55 Å². The van der Waals surface area contributed by atoms with Gasteiger partial charge >= 0.3 is 0 Å². The van der Waals surface area contributed by atoms with Crippen molar-refractivity contribution in [3.8, 4) is 11.5 Å². The van der Waals surface area contributed by atoms with Crippen LogP contribution in [0.25, 0.3) is 0 Å². The number of rotatable bonds is 8. The van der Waals surface area contributed by atoms with E-state index in [2.05, 4.69) is 4.99 Å². The second-order valence-corrected chi connectivity index (χ2v) is 11.4. The van der Waals surface area contributed by atoms with Crippen molar-refractivity contribution in [1.82, 2.24) is 0 Å². The number of amidine groups is 1. The molecule has 7 nitrogen and oxygen atoms in total. The number of anilines is 1. The molecule has 3 aromatic rings. The molecular weight excluding hydrogens is 561 g/mol. The molecule has 1 N–H and O–H groups in total. The van der Waals surface area contributed by atoms with Crippen LogP contribution in [0.5, 0.6) is 11.5 Å². The lowest BCUT2D eigenvalue weighted by Gasteiger charge is -2.39. The summed E-state index contributed by atoms with van der Waals surface area (Å²) in [6, 6.07) is 12.6. The number of hydrogen-bond donors (Lipinski definition) is 1. The monoisotopic (exact) mass is 584 g/mol. The molecule has 0 spiro atoms. The van der Waals surface area contributed by atoms with Gasteiger partial charge in [-0.25, -0.2) is 8.78 Å². The summed E-state index contributed by atoms with van der Waals surface area (Å²) in [7, 11) is -3.13. The summed E-state index contributed by atoms with van der Waals surface area (Å²) in [5.41, 5.74) is 1.03. The van der Waals surface area contributed by atoms with Crippen LogP contribution in [-0.4, -0.2) is 45.1 Å². The van der Waals surface area contributed by atoms with Crippen LogP contribution in [-0.2, 0) is 15.5 Å². The van der Waals surface area contributed by atoms with E-state index in [0.717, 1.165) is 11.6 Å². The van der Waals surface area contributed by atoms with Gasteiger partial charge in [0, 0.05) is 11.1 Å². The third-order valence-electron chi connectivity index (χ3n) is 6.48. The Hall–Kier alpha value is -2.92. The third kappa shape index (κ3) is 5.58. The molecule has 202 valence electrons. The molecule has 1 unspecified atom stereocenters. The topological polar surface area (TPSA) is 88.4 Å². The van der Waals surface area contributed by atoms with E-state index < -0.39 is 37.8 Å². The summed E-state index contributed by atoms with van der Waals surface area (Å²) in [6.07, 6.45) is 0. The number of ether oxygens (including phenoxy) is 2. The summed E-state index contributed by atoms with van der Waals surface area (Å²) < 4.78 is 71.4. The summed E-state index contributed by atoms with van der Waals surface area (Å²) in [5.74, 6) is -0.932. The maximum absolute atomic E-state index is 14.7. The summed E-state index contributed by atoms with van der Waals surface area (Å²) in [5, 5.41) is 0.132. The highest BCUT2D eigenvalue weighted by atomic mass is 35.5. The number of benzene rings is 3. The maximum atomic E-state index is 14.7. The summed E-state index contributed by atoms with van der Waals surface area (Å²) in [6.45, 7) is 4.17. The van der Waals surface area contributed by atoms with Gasteiger partial charge in [-0.1, -0.05) is 43.1 Å². The van der Waals surface area contributed by atoms with Crippen LogP contribution in [0, 0.1) is 11.6 Å². The molecule has 1 aliphatic heterocycles. The molecule has 0 bridgehead atoms. The van der Waals surface area contributed by atoms with Crippen molar-refractivity contribution in [1.29, 1.82) is 0 Å². The first-order valence-electron chi connectivity index (χ1n) is 11.3. The lowest BCUT2D eigenvalue weighted by atomic mass is 9.77. The van der Waals surface area contributed by atoms with Gasteiger partial charge in [-0.2, -0.15) is 8.42 Å². The normalized spacial score (nSPS) is 15.9. The smallest absolute Gasteiger partial charge is 0.294 e. The van der Waals surface area contributed by atoms with Crippen molar-refractivity contribution in [3.05, 3.63) is 81.8 Å². The van der Waals surface area contributed by atoms with Gasteiger partial charge in [-0.15, -0.1) is 0 Å². The Kier molecular flexibility index (Phi) is 7.90. The van der Waals surface area contributed by atoms with Gasteiger partial charge in [0.1, 0.15) is 24.0 Å². The van der Waals surface area contributed by atoms with E-state index in [4.69, 9.17) is 32.7 Å². The minimum Gasteiger partial charge on any atom is -0.495 e. The van der Waals surface area contributed by atoms with Crippen molar-refractivity contribution in [3.63, 3.8) is 0 Å². The van der Waals surface area contributed by atoms with E-state index in [1.54, 1.807) is 18.2 Å². The van der Waals surface area contributed by atoms with Crippen molar-refractivity contribution < 1.29 is 31.2 Å². The maximum Gasteiger partial charge on any atom is 0.294 e. The summed E-state index contributed by atoms with van der Waals surface area (Å²) in [4.78, 5) is 5.84. The molecule has 3 aromatic carbocycles. The Morgan fingerprint density at radius 2 is 1.76 bits per heavy atom. The van der Waals surface area contributed by atoms with Crippen LogP contribution in [0.1, 0.15) is 19.4 Å². The fraction of sp³-hybridized carbons (Fsp3) is 0.269. The van der Waals surface area contributed by atoms with Gasteiger partial charge in [0.15, 0.2) is 11.6 Å². The average molecular weight is 585 g/mol. The van der Waals surface area contributed by atoms with Gasteiger partial charge in [0.05, 0.1) is 34.6 Å². The van der Waals surface area contributed by atoms with Crippen molar-refractivity contribution in [2.45, 2.75) is 30.2 Å². The van der Waals surface area contributed by atoms with E-state index in [9.17, 15) is 21.8 Å². The van der Waals surface area contributed by atoms with Gasteiger partial charge in [0.25, 0.3) is 10.1 Å². The zero-order valence-corrected chi connectivity index (χ0v) is 22.9. The molecule has 4 rings (SSSR count). The molecule has 38 heavy (non-hydrogen) atoms. The van der Waals surface area contributed by atoms with E-state index >= 15 is 0 Å². The van der Waals surface area contributed by atoms with E-state index in [0.29, 0.717) is 34.9 Å². The highest BCUT2D eigenvalue weighted by Crippen LogP contribution is 2.39. The molecule has 0 saturated carbocycles. The van der Waals surface area contributed by atoms with Crippen LogP contribution in [0.2, 0.25) is 10.0 Å². The second kappa shape index (κ2) is 10.7. The highest BCUT2D eigenvalue weighted by molar-refractivity contribution is 7.85. The lowest BCUT2D eigenvalue weighted by Crippen LogP contribution is -2.49. The van der Waals surface area contributed by atoms with Gasteiger partial charge < -0.3 is 14.4 Å². The van der Waals surface area contributed by atoms with Gasteiger partial charge in [-0.05, 0) is 54.1 Å². The molecular formula is C26H24Cl2F2N2O5S. The Balaban J connectivity index is 1.67. The standard InChI is InChI=1S/C26H24Cl2F2N2O5S/c1-26(2,15-4-9-19(27)22(10-15)36-3)23-13-31-24(32(23)17-7-5-16(29)6-8-17)14-37-25-20(28)11-18(12-21(25)30)38(33,34)35/h4-12,23H,13-14H2,1-3H3,(H,33,34,35). The zero-order chi connectivity index (χ0) is 27.8. The molecule has 1 heterocycles. The van der Waals surface area contributed by atoms with E-state index in [-0.39, 0.29) is 17.7 Å². The molecule has 0 amide bonds. The predicted molar refractivity (Wildman–Crippen MR) is 143 cm³/mol. The first-order valence-corrected chi connectivity index (χ1v) is 13.5. The second-order valence-electron chi connectivity index (χ2n) is 9.17. The third-order valence-corrected chi connectivity index (χ3v) is 7.91. The fourth-order valence-electron chi connectivity index (χ4n) is 4.34. The quantitative estimate of drug-likeness (QED) is 0.318. The molecule has 1 atom stereocenters. The predicted octanol–water partition coefficient (Wildman–Crippen LogP) is 6.17. The van der Waals surface area contributed by atoms with Crippen molar-refractivity contribution >= 4 is 44.8 Å². The molecule has 12 heteroatoms. The molecule has 0 radical (unpaired) electrons. The van der Waals surface area contributed by atoms with Crippen LogP contribution in [0.3, 0.4) is 0 Å². The largest absolute Gasteiger partial charge is 0.495 e. The first kappa shape index (κ1) is 28.1. The number of aliphatic imine (C=N–C) groups is 1. The highest BCUT2D eigenvalue weighted by Gasteiger charge is 2.41. The van der Waals surface area contributed by atoms with Crippen LogP contribution >= 0.6 is 23.2 Å². The van der Waals surface area contributed by atoms with E-state index in [1.807, 2.05) is 30.9 Å². The lowest BCUT2D eigenvalue weighted by molar-refractivity contribution is 0.349. The minimum atomic E-state index is -4.66. The average Bonchev–Trinajstić information content (AvgIpc) is 3.28. The molecule has 1 aliphatic rings. The molecule has 0 saturated heterocycles. The van der Waals surface area contributed by atoms with Crippen LogP contribution < -0.4 is 14.4 Å². The van der Waals surface area contributed by atoms with E-state index in [1.165, 1.54) is 19.2 Å². The molecule has 0 fully saturated rings. The van der Waals surface area contributed by atoms with Crippen molar-refractivity contribution in [2.24, 2.45) is 4.99 Å². The fourth-order valence-corrected chi connectivity index (χ4v) is 5.38. The Labute approximate surface area is 229 Å². The SMILES string of the molecule is COc1cc(C(C)(C)C2CN=C(COc3c(F)cc(S(=O)(=O)O)cc3Cl)N2c2ccc(F)cc2)ccc1Cl. The Morgan fingerprint density at radius 1 is 1.08 bits per heavy atom. The Morgan fingerprint density at radius 3 is 2.37 bits per heavy atom. The zero-order valence-electron chi connectivity index (χ0n) is 20.6. The van der Waals surface area contributed by atoms with Crippen molar-refractivity contribution in [2.75, 3.05) is 25.2 Å². The molecule has 0 aliphatic carbocycles. The first-order chi connectivity index (χ1) is 17.8. The number of nitrogens with zero attached hydrogens (tertiary/aromatic N) is 2. The van der Waals surface area contributed by atoms with Crippen LogP contribution in [0.15, 0.2) is 64.5 Å². The number of halogens is 4.